The third-order valence-corrected chi connectivity index (χ3v) is 5.32. The predicted octanol–water partition coefficient (Wildman–Crippen LogP) is 6.75. The maximum absolute atomic E-state index is 6.12. The Morgan fingerprint density at radius 3 is 2.41 bits per heavy atom. The number of hydrazone groups is 1. The molecule has 0 saturated carbocycles. The Balaban J connectivity index is 1.74. The van der Waals surface area contributed by atoms with Crippen LogP contribution < -0.4 is 5.43 Å². The molecule has 0 bridgehead atoms. The Morgan fingerprint density at radius 2 is 1.66 bits per heavy atom. The zero-order valence-corrected chi connectivity index (χ0v) is 17.5. The zero-order valence-electron chi connectivity index (χ0n) is 15.9. The largest absolute Gasteiger partial charge is 0.260 e. The van der Waals surface area contributed by atoms with Gasteiger partial charge in [0.15, 0.2) is 11.6 Å². The Hall–Kier alpha value is -2.95. The molecule has 0 aliphatic rings. The highest BCUT2D eigenvalue weighted by Crippen LogP contribution is 2.26. The van der Waals surface area contributed by atoms with E-state index in [1.54, 1.807) is 12.1 Å². The Labute approximate surface area is 179 Å². The van der Waals surface area contributed by atoms with Crippen molar-refractivity contribution in [2.75, 3.05) is 5.43 Å². The van der Waals surface area contributed by atoms with Crippen LogP contribution in [0.25, 0.3) is 22.3 Å². The number of para-hydroxylation sites is 1. The van der Waals surface area contributed by atoms with Crippen LogP contribution in [0, 0.1) is 6.92 Å². The number of halogens is 2. The first-order valence-corrected chi connectivity index (χ1v) is 9.86. The molecule has 4 nitrogen and oxygen atoms in total. The van der Waals surface area contributed by atoms with Gasteiger partial charge in [-0.3, -0.25) is 5.43 Å². The molecule has 0 amide bonds. The summed E-state index contributed by atoms with van der Waals surface area (Å²) in [5.74, 6) is 1.29. The highest BCUT2D eigenvalue weighted by atomic mass is 35.5. The van der Waals surface area contributed by atoms with Gasteiger partial charge in [-0.2, -0.15) is 5.10 Å². The number of aryl methyl sites for hydroxylation is 1. The minimum Gasteiger partial charge on any atom is -0.260 e. The number of rotatable bonds is 4. The lowest BCUT2D eigenvalue weighted by Crippen LogP contribution is -2.03. The summed E-state index contributed by atoms with van der Waals surface area (Å²) in [5, 5.41) is 6.41. The van der Waals surface area contributed by atoms with Gasteiger partial charge in [0.25, 0.3) is 0 Å². The van der Waals surface area contributed by atoms with E-state index in [0.717, 1.165) is 27.7 Å². The number of hydrogen-bond donors (Lipinski definition) is 1. The molecular formula is C23H18Cl2N4. The second-order valence-corrected chi connectivity index (χ2v) is 7.53. The molecule has 0 radical (unpaired) electrons. The van der Waals surface area contributed by atoms with Crippen LogP contribution in [0.4, 0.5) is 5.82 Å². The predicted molar refractivity (Wildman–Crippen MR) is 122 cm³/mol. The van der Waals surface area contributed by atoms with E-state index in [-0.39, 0.29) is 0 Å². The van der Waals surface area contributed by atoms with Gasteiger partial charge >= 0.3 is 0 Å². The number of nitrogens with zero attached hydrogens (tertiary/aromatic N) is 3. The monoisotopic (exact) mass is 420 g/mol. The summed E-state index contributed by atoms with van der Waals surface area (Å²) in [6.07, 6.45) is 0. The summed E-state index contributed by atoms with van der Waals surface area (Å²) in [7, 11) is 0. The van der Waals surface area contributed by atoms with Crippen molar-refractivity contribution in [3.05, 3.63) is 87.9 Å². The smallest absolute Gasteiger partial charge is 0.162 e. The molecule has 0 aliphatic heterocycles. The second-order valence-electron chi connectivity index (χ2n) is 6.72. The van der Waals surface area contributed by atoms with Crippen LogP contribution in [0.2, 0.25) is 10.0 Å². The fourth-order valence-electron chi connectivity index (χ4n) is 2.92. The fourth-order valence-corrected chi connectivity index (χ4v) is 3.21. The van der Waals surface area contributed by atoms with Gasteiger partial charge in [-0.15, -0.1) is 0 Å². The van der Waals surface area contributed by atoms with E-state index < -0.39 is 0 Å². The summed E-state index contributed by atoms with van der Waals surface area (Å²) in [6, 6.07) is 21.4. The molecule has 1 heterocycles. The van der Waals surface area contributed by atoms with Crippen LogP contribution in [0.5, 0.6) is 0 Å². The van der Waals surface area contributed by atoms with Crippen LogP contribution in [-0.2, 0) is 0 Å². The molecule has 4 aromatic rings. The molecule has 0 aliphatic carbocycles. The van der Waals surface area contributed by atoms with Crippen molar-refractivity contribution in [1.82, 2.24) is 9.97 Å². The molecule has 1 aromatic heterocycles. The Kier molecular flexibility index (Phi) is 5.47. The topological polar surface area (TPSA) is 50.2 Å². The zero-order chi connectivity index (χ0) is 20.4. The van der Waals surface area contributed by atoms with Gasteiger partial charge in [-0.05, 0) is 43.7 Å². The SMILES string of the molecule is C/C(=N/Nc1nc(-c2ccc(C)cc2)nc2ccccc12)c1ccc(Cl)c(Cl)c1. The first-order valence-electron chi connectivity index (χ1n) is 9.11. The van der Waals surface area contributed by atoms with Gasteiger partial charge in [0, 0.05) is 10.9 Å². The molecule has 0 fully saturated rings. The standard InChI is InChI=1S/C23H18Cl2N4/c1-14-7-9-16(10-8-14)22-26-21-6-4-3-5-18(21)23(27-22)29-28-15(2)17-11-12-19(24)20(25)13-17/h3-13H,1-2H3,(H,26,27,29)/b28-15-. The van der Waals surface area contributed by atoms with Crippen molar-refractivity contribution in [3.63, 3.8) is 0 Å². The van der Waals surface area contributed by atoms with Gasteiger partial charge in [0.05, 0.1) is 21.3 Å². The van der Waals surface area contributed by atoms with E-state index in [9.17, 15) is 0 Å². The molecule has 1 N–H and O–H groups in total. The van der Waals surface area contributed by atoms with E-state index in [2.05, 4.69) is 17.5 Å². The number of anilines is 1. The molecule has 0 saturated heterocycles. The maximum Gasteiger partial charge on any atom is 0.162 e. The number of nitrogens with one attached hydrogen (secondary N) is 1. The lowest BCUT2D eigenvalue weighted by atomic mass is 10.1. The number of benzene rings is 3. The molecule has 144 valence electrons. The summed E-state index contributed by atoms with van der Waals surface area (Å²) in [6.45, 7) is 3.95. The van der Waals surface area contributed by atoms with Crippen molar-refractivity contribution in [3.8, 4) is 11.4 Å². The van der Waals surface area contributed by atoms with Gasteiger partial charge in [0.2, 0.25) is 0 Å². The Morgan fingerprint density at radius 1 is 0.897 bits per heavy atom. The number of fused-ring (bicyclic) bond motifs is 1. The molecule has 0 atom stereocenters. The molecule has 6 heteroatoms. The number of hydrogen-bond acceptors (Lipinski definition) is 4. The summed E-state index contributed by atoms with van der Waals surface area (Å²) < 4.78 is 0. The molecular weight excluding hydrogens is 403 g/mol. The second kappa shape index (κ2) is 8.19. The first kappa shape index (κ1) is 19.4. The quantitative estimate of drug-likeness (QED) is 0.293. The average molecular weight is 421 g/mol. The van der Waals surface area contributed by atoms with Crippen LogP contribution in [0.15, 0.2) is 71.8 Å². The third kappa shape index (κ3) is 4.24. The highest BCUT2D eigenvalue weighted by Gasteiger charge is 2.09. The number of aromatic nitrogens is 2. The van der Waals surface area contributed by atoms with Gasteiger partial charge in [-0.1, -0.05) is 71.2 Å². The van der Waals surface area contributed by atoms with Crippen LogP contribution in [0.3, 0.4) is 0 Å². The van der Waals surface area contributed by atoms with E-state index in [4.69, 9.17) is 33.2 Å². The van der Waals surface area contributed by atoms with Crippen molar-refractivity contribution >= 4 is 45.6 Å². The summed E-state index contributed by atoms with van der Waals surface area (Å²) in [5.41, 5.74) is 7.74. The van der Waals surface area contributed by atoms with Crippen molar-refractivity contribution in [2.45, 2.75) is 13.8 Å². The van der Waals surface area contributed by atoms with Crippen molar-refractivity contribution < 1.29 is 0 Å². The van der Waals surface area contributed by atoms with E-state index >= 15 is 0 Å². The van der Waals surface area contributed by atoms with Crippen molar-refractivity contribution in [1.29, 1.82) is 0 Å². The average Bonchev–Trinajstić information content (AvgIpc) is 2.74. The van der Waals surface area contributed by atoms with Gasteiger partial charge < -0.3 is 0 Å². The molecule has 0 spiro atoms. The third-order valence-electron chi connectivity index (χ3n) is 4.58. The lowest BCUT2D eigenvalue weighted by Gasteiger charge is -2.09. The molecule has 3 aromatic carbocycles. The van der Waals surface area contributed by atoms with E-state index in [0.29, 0.717) is 21.7 Å². The molecule has 4 rings (SSSR count). The lowest BCUT2D eigenvalue weighted by molar-refractivity contribution is 1.18. The summed E-state index contributed by atoms with van der Waals surface area (Å²) >= 11 is 12.1. The maximum atomic E-state index is 6.12. The van der Waals surface area contributed by atoms with E-state index in [1.165, 1.54) is 5.56 Å². The van der Waals surface area contributed by atoms with Crippen molar-refractivity contribution in [2.24, 2.45) is 5.10 Å². The van der Waals surface area contributed by atoms with E-state index in [1.807, 2.05) is 61.5 Å². The van der Waals surface area contributed by atoms with Crippen LogP contribution >= 0.6 is 23.2 Å². The van der Waals surface area contributed by atoms with Crippen LogP contribution in [0.1, 0.15) is 18.1 Å². The molecule has 29 heavy (non-hydrogen) atoms. The normalized spacial score (nSPS) is 11.7. The fraction of sp³-hybridized carbons (Fsp3) is 0.0870. The minimum atomic E-state index is 0.493. The van der Waals surface area contributed by atoms with Gasteiger partial charge in [0.1, 0.15) is 0 Å². The van der Waals surface area contributed by atoms with Crippen LogP contribution in [-0.4, -0.2) is 15.7 Å². The minimum absolute atomic E-state index is 0.493. The summed E-state index contributed by atoms with van der Waals surface area (Å²) in [4.78, 5) is 9.43. The Bertz CT molecular complexity index is 1220. The molecule has 0 unspecified atom stereocenters. The highest BCUT2D eigenvalue weighted by molar-refractivity contribution is 6.42. The van der Waals surface area contributed by atoms with Gasteiger partial charge in [-0.25, -0.2) is 9.97 Å². The first-order chi connectivity index (χ1) is 14.0.